The van der Waals surface area contributed by atoms with E-state index < -0.39 is 5.91 Å². The Morgan fingerprint density at radius 1 is 1.12 bits per heavy atom. The third-order valence-electron chi connectivity index (χ3n) is 3.81. The number of amides is 3. The molecule has 2 rings (SSSR count). The highest BCUT2D eigenvalue weighted by Crippen LogP contribution is 2.12. The number of carbonyl (C=O) groups is 3. The maximum Gasteiger partial charge on any atom is 0.260 e. The van der Waals surface area contributed by atoms with Crippen molar-refractivity contribution in [3.05, 3.63) is 29.8 Å². The minimum atomic E-state index is -0.523. The van der Waals surface area contributed by atoms with Gasteiger partial charge in [0, 0.05) is 26.2 Å². The van der Waals surface area contributed by atoms with Crippen LogP contribution in [0.25, 0.3) is 0 Å². The van der Waals surface area contributed by atoms with Crippen LogP contribution in [-0.2, 0) is 14.4 Å². The molecule has 24 heavy (non-hydrogen) atoms. The van der Waals surface area contributed by atoms with E-state index in [2.05, 4.69) is 0 Å². The first kappa shape index (κ1) is 17.7. The topological polar surface area (TPSA) is 105 Å². The molecule has 1 aliphatic heterocycles. The first-order chi connectivity index (χ1) is 11.5. The molecule has 0 aromatic heterocycles. The predicted octanol–water partition coefficient (Wildman–Crippen LogP) is -0.575. The van der Waals surface area contributed by atoms with E-state index >= 15 is 0 Å². The van der Waals surface area contributed by atoms with E-state index in [0.29, 0.717) is 31.9 Å². The van der Waals surface area contributed by atoms with Crippen LogP contribution >= 0.6 is 0 Å². The van der Waals surface area contributed by atoms with Crippen LogP contribution in [0.4, 0.5) is 0 Å². The zero-order valence-electron chi connectivity index (χ0n) is 13.7. The molecule has 3 amide bonds. The summed E-state index contributed by atoms with van der Waals surface area (Å²) in [4.78, 5) is 38.4. The molecule has 8 heteroatoms. The van der Waals surface area contributed by atoms with Gasteiger partial charge < -0.3 is 14.5 Å². The highest BCUT2D eigenvalue weighted by atomic mass is 16.5. The van der Waals surface area contributed by atoms with Crippen molar-refractivity contribution in [1.29, 1.82) is 0 Å². The summed E-state index contributed by atoms with van der Waals surface area (Å²) in [5.41, 5.74) is 2.99. The fourth-order valence-electron chi connectivity index (χ4n) is 2.45. The molecular formula is C16H22N4O4. The van der Waals surface area contributed by atoms with Gasteiger partial charge >= 0.3 is 0 Å². The van der Waals surface area contributed by atoms with Gasteiger partial charge in [0.15, 0.2) is 6.61 Å². The Kier molecular flexibility index (Phi) is 6.14. The molecule has 3 N–H and O–H groups in total. The molecular weight excluding hydrogens is 312 g/mol. The van der Waals surface area contributed by atoms with Crippen LogP contribution in [0.2, 0.25) is 0 Å². The molecule has 0 aliphatic carbocycles. The molecule has 130 valence electrons. The number of benzene rings is 1. The van der Waals surface area contributed by atoms with Gasteiger partial charge in [0.2, 0.25) is 11.8 Å². The number of nitrogens with one attached hydrogen (secondary N) is 1. The molecule has 8 nitrogen and oxygen atoms in total. The van der Waals surface area contributed by atoms with Crippen LogP contribution in [0.3, 0.4) is 0 Å². The molecule has 1 aromatic carbocycles. The van der Waals surface area contributed by atoms with E-state index in [1.807, 2.05) is 30.5 Å². The van der Waals surface area contributed by atoms with Crippen molar-refractivity contribution in [1.82, 2.24) is 15.2 Å². The SMILES string of the molecule is Cc1cccc(OCC(=O)N2CCN(C(=O)CC(=O)NN)CC2)c1. The molecule has 0 saturated carbocycles. The number of carbonyl (C=O) groups excluding carboxylic acids is 3. The summed E-state index contributed by atoms with van der Waals surface area (Å²) in [6.07, 6.45) is -0.277. The Bertz CT molecular complexity index is 612. The molecule has 0 atom stereocenters. The number of nitrogens with zero attached hydrogens (tertiary/aromatic N) is 2. The molecule has 0 bridgehead atoms. The zero-order chi connectivity index (χ0) is 17.5. The molecule has 1 aromatic rings. The summed E-state index contributed by atoms with van der Waals surface area (Å²) in [6, 6.07) is 7.50. The van der Waals surface area contributed by atoms with Crippen molar-refractivity contribution in [2.75, 3.05) is 32.8 Å². The highest BCUT2D eigenvalue weighted by molar-refractivity contribution is 5.96. The van der Waals surface area contributed by atoms with Crippen molar-refractivity contribution in [2.45, 2.75) is 13.3 Å². The lowest BCUT2D eigenvalue weighted by atomic mass is 10.2. The summed E-state index contributed by atoms with van der Waals surface area (Å²) in [5, 5.41) is 0. The van der Waals surface area contributed by atoms with Crippen LogP contribution in [-0.4, -0.2) is 60.3 Å². The number of hydrogen-bond donors (Lipinski definition) is 2. The van der Waals surface area contributed by atoms with Crippen molar-refractivity contribution in [3.63, 3.8) is 0 Å². The minimum Gasteiger partial charge on any atom is -0.484 e. The summed E-state index contributed by atoms with van der Waals surface area (Å²) in [6.45, 7) is 3.56. The van der Waals surface area contributed by atoms with E-state index in [4.69, 9.17) is 10.6 Å². The lowest BCUT2D eigenvalue weighted by Gasteiger charge is -2.34. The number of aryl methyl sites for hydroxylation is 1. The number of hydrogen-bond acceptors (Lipinski definition) is 5. The summed E-state index contributed by atoms with van der Waals surface area (Å²) >= 11 is 0. The lowest BCUT2D eigenvalue weighted by molar-refractivity contribution is -0.142. The second-order valence-corrected chi connectivity index (χ2v) is 5.61. The van der Waals surface area contributed by atoms with Gasteiger partial charge in [0.1, 0.15) is 12.2 Å². The molecule has 0 unspecified atom stereocenters. The van der Waals surface area contributed by atoms with Crippen LogP contribution in [0.5, 0.6) is 5.75 Å². The first-order valence-electron chi connectivity index (χ1n) is 7.74. The smallest absolute Gasteiger partial charge is 0.260 e. The quantitative estimate of drug-likeness (QED) is 0.325. The third-order valence-corrected chi connectivity index (χ3v) is 3.81. The van der Waals surface area contributed by atoms with Crippen LogP contribution in [0, 0.1) is 6.92 Å². The lowest BCUT2D eigenvalue weighted by Crippen LogP contribution is -2.52. The Labute approximate surface area is 140 Å². The minimum absolute atomic E-state index is 0.0347. The number of rotatable bonds is 5. The molecule has 1 fully saturated rings. The van der Waals surface area contributed by atoms with Gasteiger partial charge in [-0.15, -0.1) is 0 Å². The van der Waals surface area contributed by atoms with Crippen molar-refractivity contribution in [3.8, 4) is 5.75 Å². The van der Waals surface area contributed by atoms with Gasteiger partial charge in [-0.25, -0.2) is 5.84 Å². The Morgan fingerprint density at radius 2 is 1.75 bits per heavy atom. The summed E-state index contributed by atoms with van der Waals surface area (Å²) in [7, 11) is 0. The molecule has 0 spiro atoms. The number of piperazine rings is 1. The van der Waals surface area contributed by atoms with E-state index in [1.165, 1.54) is 0 Å². The number of nitrogens with two attached hydrogens (primary N) is 1. The number of ether oxygens (including phenoxy) is 1. The fourth-order valence-corrected chi connectivity index (χ4v) is 2.45. The van der Waals surface area contributed by atoms with Crippen molar-refractivity contribution in [2.24, 2.45) is 5.84 Å². The maximum atomic E-state index is 12.2. The Balaban J connectivity index is 1.76. The summed E-state index contributed by atoms with van der Waals surface area (Å²) < 4.78 is 5.50. The van der Waals surface area contributed by atoms with Crippen molar-refractivity contribution >= 4 is 17.7 Å². The average Bonchev–Trinajstić information content (AvgIpc) is 2.59. The Morgan fingerprint density at radius 3 is 2.33 bits per heavy atom. The normalized spacial score (nSPS) is 14.2. The second-order valence-electron chi connectivity index (χ2n) is 5.61. The average molecular weight is 334 g/mol. The maximum absolute atomic E-state index is 12.2. The van der Waals surface area contributed by atoms with Gasteiger partial charge in [0.05, 0.1) is 0 Å². The van der Waals surface area contributed by atoms with E-state index in [-0.39, 0.29) is 24.8 Å². The molecule has 1 saturated heterocycles. The van der Waals surface area contributed by atoms with Gasteiger partial charge in [-0.1, -0.05) is 12.1 Å². The van der Waals surface area contributed by atoms with Gasteiger partial charge in [-0.05, 0) is 24.6 Å². The summed E-state index contributed by atoms with van der Waals surface area (Å²) in [5.74, 6) is 4.69. The zero-order valence-corrected chi connectivity index (χ0v) is 13.7. The fraction of sp³-hybridized carbons (Fsp3) is 0.438. The van der Waals surface area contributed by atoms with Crippen molar-refractivity contribution < 1.29 is 19.1 Å². The predicted molar refractivity (Wildman–Crippen MR) is 86.8 cm³/mol. The van der Waals surface area contributed by atoms with Crippen LogP contribution in [0.15, 0.2) is 24.3 Å². The second kappa shape index (κ2) is 8.30. The first-order valence-corrected chi connectivity index (χ1v) is 7.74. The Hall–Kier alpha value is -2.61. The standard InChI is InChI=1S/C16H22N4O4/c1-12-3-2-4-13(9-12)24-11-16(23)20-7-5-19(6-8-20)15(22)10-14(21)18-17/h2-4,9H,5-8,10-11,17H2,1H3,(H,18,21). The van der Waals surface area contributed by atoms with Gasteiger partial charge in [-0.3, -0.25) is 19.8 Å². The van der Waals surface area contributed by atoms with E-state index in [0.717, 1.165) is 5.56 Å². The van der Waals surface area contributed by atoms with Gasteiger partial charge in [-0.2, -0.15) is 0 Å². The highest BCUT2D eigenvalue weighted by Gasteiger charge is 2.25. The number of hydrazine groups is 1. The van der Waals surface area contributed by atoms with Crippen LogP contribution in [0.1, 0.15) is 12.0 Å². The van der Waals surface area contributed by atoms with Crippen LogP contribution < -0.4 is 16.0 Å². The molecule has 1 aliphatic rings. The largest absolute Gasteiger partial charge is 0.484 e. The van der Waals surface area contributed by atoms with E-state index in [9.17, 15) is 14.4 Å². The molecule has 0 radical (unpaired) electrons. The van der Waals surface area contributed by atoms with Gasteiger partial charge in [0.25, 0.3) is 5.91 Å². The molecule has 1 heterocycles. The third kappa shape index (κ3) is 4.95. The van der Waals surface area contributed by atoms with E-state index in [1.54, 1.807) is 15.9 Å². The monoisotopic (exact) mass is 334 g/mol.